The van der Waals surface area contributed by atoms with Crippen molar-refractivity contribution in [1.29, 1.82) is 0 Å². The maximum atomic E-state index is 13.6. The Morgan fingerprint density at radius 1 is 1.12 bits per heavy atom. The third-order valence-electron chi connectivity index (χ3n) is 5.98. The van der Waals surface area contributed by atoms with Gasteiger partial charge in [-0.1, -0.05) is 12.1 Å². The van der Waals surface area contributed by atoms with Gasteiger partial charge in [-0.05, 0) is 48.0 Å². The van der Waals surface area contributed by atoms with E-state index in [1.165, 1.54) is 35.2 Å². The maximum absolute atomic E-state index is 13.6. The number of nitrogens with zero attached hydrogens (tertiary/aromatic N) is 4. The predicted molar refractivity (Wildman–Crippen MR) is 122 cm³/mol. The van der Waals surface area contributed by atoms with Gasteiger partial charge in [-0.25, -0.2) is 9.40 Å². The molecule has 2 aromatic carbocycles. The summed E-state index contributed by atoms with van der Waals surface area (Å²) in [6, 6.07) is 14.5. The molecule has 0 N–H and O–H groups in total. The average molecular weight is 462 g/mol. The largest absolute Gasteiger partial charge is 0.454 e. The molecule has 34 heavy (non-hydrogen) atoms. The SMILES string of the molecule is CN(CC(=O)N1N=C(c2cccn2C)C[C@H]1c1ccc2c(c1)OCO2)C(=O)c1cccc(F)c1. The fraction of sp³-hybridized carbons (Fsp3) is 0.240. The lowest BCUT2D eigenvalue weighted by Crippen LogP contribution is -2.39. The predicted octanol–water partition coefficient (Wildman–Crippen LogP) is 3.34. The summed E-state index contributed by atoms with van der Waals surface area (Å²) in [7, 11) is 3.43. The Bertz CT molecular complexity index is 1300. The molecule has 0 unspecified atom stereocenters. The Labute approximate surface area is 195 Å². The second-order valence-corrected chi connectivity index (χ2v) is 8.29. The highest BCUT2D eigenvalue weighted by molar-refractivity contribution is 6.02. The van der Waals surface area contributed by atoms with Crippen LogP contribution in [0, 0.1) is 5.82 Å². The lowest BCUT2D eigenvalue weighted by molar-refractivity contribution is -0.133. The second kappa shape index (κ2) is 8.66. The van der Waals surface area contributed by atoms with Crippen molar-refractivity contribution >= 4 is 17.5 Å². The maximum Gasteiger partial charge on any atom is 0.262 e. The Kier molecular flexibility index (Phi) is 5.53. The smallest absolute Gasteiger partial charge is 0.262 e. The molecule has 0 radical (unpaired) electrons. The summed E-state index contributed by atoms with van der Waals surface area (Å²) >= 11 is 0. The van der Waals surface area contributed by atoms with E-state index >= 15 is 0 Å². The van der Waals surface area contributed by atoms with Crippen molar-refractivity contribution in [3.63, 3.8) is 0 Å². The second-order valence-electron chi connectivity index (χ2n) is 8.29. The molecule has 174 valence electrons. The minimum atomic E-state index is -0.509. The summed E-state index contributed by atoms with van der Waals surface area (Å²) < 4.78 is 26.4. The van der Waals surface area contributed by atoms with Crippen LogP contribution in [0.2, 0.25) is 0 Å². The number of likely N-dealkylation sites (N-methyl/N-ethyl adjacent to an activating group) is 1. The highest BCUT2D eigenvalue weighted by atomic mass is 19.1. The lowest BCUT2D eigenvalue weighted by atomic mass is 10.00. The van der Waals surface area contributed by atoms with Gasteiger partial charge in [0.2, 0.25) is 6.79 Å². The lowest BCUT2D eigenvalue weighted by Gasteiger charge is -2.25. The first kappa shape index (κ1) is 21.7. The van der Waals surface area contributed by atoms with Gasteiger partial charge in [-0.3, -0.25) is 9.59 Å². The van der Waals surface area contributed by atoms with Crippen LogP contribution < -0.4 is 9.47 Å². The summed E-state index contributed by atoms with van der Waals surface area (Å²) in [6.45, 7) is -0.0511. The highest BCUT2D eigenvalue weighted by Crippen LogP contribution is 2.39. The van der Waals surface area contributed by atoms with E-state index in [4.69, 9.17) is 9.47 Å². The molecule has 3 aromatic rings. The van der Waals surface area contributed by atoms with E-state index in [-0.39, 0.29) is 30.9 Å². The molecular weight excluding hydrogens is 439 g/mol. The van der Waals surface area contributed by atoms with Crippen LogP contribution in [0.1, 0.15) is 34.1 Å². The van der Waals surface area contributed by atoms with Crippen molar-refractivity contribution in [2.45, 2.75) is 12.5 Å². The number of rotatable bonds is 5. The van der Waals surface area contributed by atoms with Gasteiger partial charge >= 0.3 is 0 Å². The van der Waals surface area contributed by atoms with Gasteiger partial charge in [0.15, 0.2) is 11.5 Å². The summed E-state index contributed by atoms with van der Waals surface area (Å²) in [6.07, 6.45) is 2.42. The minimum Gasteiger partial charge on any atom is -0.454 e. The number of fused-ring (bicyclic) bond motifs is 1. The molecule has 5 rings (SSSR count). The molecular formula is C25H23FN4O4. The molecule has 2 aliphatic heterocycles. The first-order valence-corrected chi connectivity index (χ1v) is 10.8. The zero-order chi connectivity index (χ0) is 23.8. The van der Waals surface area contributed by atoms with Gasteiger partial charge in [-0.15, -0.1) is 0 Å². The van der Waals surface area contributed by atoms with E-state index < -0.39 is 11.7 Å². The number of benzene rings is 2. The van der Waals surface area contributed by atoms with E-state index in [0.29, 0.717) is 17.9 Å². The van der Waals surface area contributed by atoms with Crippen LogP contribution in [0.5, 0.6) is 11.5 Å². The Morgan fingerprint density at radius 2 is 1.94 bits per heavy atom. The third-order valence-corrected chi connectivity index (χ3v) is 5.98. The molecule has 0 saturated carbocycles. The number of halogens is 1. The monoisotopic (exact) mass is 462 g/mol. The van der Waals surface area contributed by atoms with Crippen LogP contribution in [0.4, 0.5) is 4.39 Å². The Morgan fingerprint density at radius 3 is 2.71 bits per heavy atom. The standard InChI is InChI=1S/C25H23FN4O4/c1-28-10-4-7-20(28)19-13-21(16-8-9-22-23(12-16)34-15-33-22)30(27-19)24(31)14-29(2)25(32)17-5-3-6-18(26)11-17/h3-12,21H,13-15H2,1-2H3/t21-/m0/s1. The summed E-state index contributed by atoms with van der Waals surface area (Å²) in [5, 5.41) is 6.08. The van der Waals surface area contributed by atoms with E-state index in [1.807, 2.05) is 48.1 Å². The number of amides is 2. The van der Waals surface area contributed by atoms with Crippen LogP contribution in [-0.4, -0.2) is 52.4 Å². The van der Waals surface area contributed by atoms with Crippen molar-refractivity contribution in [2.24, 2.45) is 12.1 Å². The van der Waals surface area contributed by atoms with E-state index in [2.05, 4.69) is 5.10 Å². The van der Waals surface area contributed by atoms with Crippen molar-refractivity contribution in [3.8, 4) is 11.5 Å². The number of carbonyl (C=O) groups is 2. The van der Waals surface area contributed by atoms with Crippen LogP contribution >= 0.6 is 0 Å². The van der Waals surface area contributed by atoms with Gasteiger partial charge in [-0.2, -0.15) is 5.10 Å². The van der Waals surface area contributed by atoms with E-state index in [9.17, 15) is 14.0 Å². The molecule has 2 amide bonds. The molecule has 3 heterocycles. The number of hydrogen-bond donors (Lipinski definition) is 0. The molecule has 9 heteroatoms. The number of carbonyl (C=O) groups excluding carboxylic acids is 2. The van der Waals surface area contributed by atoms with E-state index in [0.717, 1.165) is 23.0 Å². The van der Waals surface area contributed by atoms with Gasteiger partial charge in [0, 0.05) is 32.3 Å². The van der Waals surface area contributed by atoms with Gasteiger partial charge in [0.25, 0.3) is 11.8 Å². The fourth-order valence-electron chi connectivity index (χ4n) is 4.22. The number of aromatic nitrogens is 1. The van der Waals surface area contributed by atoms with Crippen LogP contribution in [0.25, 0.3) is 0 Å². The molecule has 0 fully saturated rings. The third kappa shape index (κ3) is 4.00. The first-order valence-electron chi connectivity index (χ1n) is 10.8. The summed E-state index contributed by atoms with van der Waals surface area (Å²) in [4.78, 5) is 27.4. The minimum absolute atomic E-state index is 0.157. The number of ether oxygens (including phenoxy) is 2. The van der Waals surface area contributed by atoms with Crippen LogP contribution in [0.15, 0.2) is 65.9 Å². The normalized spacial score (nSPS) is 16.5. The molecule has 0 spiro atoms. The number of aryl methyl sites for hydroxylation is 1. The van der Waals surface area contributed by atoms with E-state index in [1.54, 1.807) is 0 Å². The van der Waals surface area contributed by atoms with Gasteiger partial charge in [0.1, 0.15) is 12.4 Å². The van der Waals surface area contributed by atoms with Crippen molar-refractivity contribution in [3.05, 3.63) is 83.4 Å². The molecule has 1 atom stereocenters. The molecule has 0 bridgehead atoms. The molecule has 2 aliphatic rings. The average Bonchev–Trinajstić information content (AvgIpc) is 3.57. The molecule has 0 aliphatic carbocycles. The summed E-state index contributed by atoms with van der Waals surface area (Å²) in [5.41, 5.74) is 2.70. The van der Waals surface area contributed by atoms with Crippen molar-refractivity contribution < 1.29 is 23.5 Å². The van der Waals surface area contributed by atoms with Gasteiger partial charge < -0.3 is 18.9 Å². The first-order chi connectivity index (χ1) is 16.4. The van der Waals surface area contributed by atoms with Crippen molar-refractivity contribution in [1.82, 2.24) is 14.5 Å². The van der Waals surface area contributed by atoms with Crippen molar-refractivity contribution in [2.75, 3.05) is 20.4 Å². The van der Waals surface area contributed by atoms with Crippen LogP contribution in [-0.2, 0) is 11.8 Å². The van der Waals surface area contributed by atoms with Crippen LogP contribution in [0.3, 0.4) is 0 Å². The Hall–Kier alpha value is -4.14. The molecule has 1 aromatic heterocycles. The fourth-order valence-corrected chi connectivity index (χ4v) is 4.22. The summed E-state index contributed by atoms with van der Waals surface area (Å²) in [5.74, 6) is -0.0264. The zero-order valence-corrected chi connectivity index (χ0v) is 18.8. The molecule has 8 nitrogen and oxygen atoms in total. The number of hydrazone groups is 1. The quantitative estimate of drug-likeness (QED) is 0.583. The highest BCUT2D eigenvalue weighted by Gasteiger charge is 2.35. The molecule has 0 saturated heterocycles. The topological polar surface area (TPSA) is 76.4 Å². The van der Waals surface area contributed by atoms with Gasteiger partial charge in [0.05, 0.1) is 17.4 Å². The Balaban J connectivity index is 1.41. The zero-order valence-electron chi connectivity index (χ0n) is 18.8. The number of hydrogen-bond acceptors (Lipinski definition) is 5.